The molecule has 1 heterocycles. The second-order valence-corrected chi connectivity index (χ2v) is 4.02. The largest absolute Gasteiger partial charge is 0.497 e. The third-order valence-electron chi connectivity index (χ3n) is 2.74. The van der Waals surface area contributed by atoms with Gasteiger partial charge in [-0.25, -0.2) is 0 Å². The molecule has 0 bridgehead atoms. The van der Waals surface area contributed by atoms with E-state index in [-0.39, 0.29) is 5.91 Å². The second-order valence-electron chi connectivity index (χ2n) is 4.02. The summed E-state index contributed by atoms with van der Waals surface area (Å²) in [6.45, 7) is 2.47. The smallest absolute Gasteiger partial charge is 0.269 e. The van der Waals surface area contributed by atoms with Crippen molar-refractivity contribution < 1.29 is 9.53 Å². The van der Waals surface area contributed by atoms with Crippen LogP contribution in [0.4, 0.5) is 0 Å². The molecule has 0 saturated carbocycles. The van der Waals surface area contributed by atoms with Crippen LogP contribution in [0.5, 0.6) is 5.75 Å². The molecule has 0 radical (unpaired) electrons. The molecule has 0 atom stereocenters. The van der Waals surface area contributed by atoms with Crippen molar-refractivity contribution in [1.82, 2.24) is 10.3 Å². The van der Waals surface area contributed by atoms with Gasteiger partial charge in [0.15, 0.2) is 0 Å². The highest BCUT2D eigenvalue weighted by molar-refractivity contribution is 5.92. The molecule has 0 aliphatic carbocycles. The van der Waals surface area contributed by atoms with Gasteiger partial charge in [-0.3, -0.25) is 9.78 Å². The summed E-state index contributed by atoms with van der Waals surface area (Å²) in [5, 5.41) is 2.72. The normalized spacial score (nSPS) is 10.0. The Hall–Kier alpha value is -2.36. The lowest BCUT2D eigenvalue weighted by Gasteiger charge is -2.05. The SMILES string of the molecule is CCNC(=O)c1ccc(-c2cccc(OC)c2)cn1. The summed E-state index contributed by atoms with van der Waals surface area (Å²) < 4.78 is 5.19. The van der Waals surface area contributed by atoms with Crippen molar-refractivity contribution in [1.29, 1.82) is 0 Å². The fraction of sp³-hybridized carbons (Fsp3) is 0.200. The third kappa shape index (κ3) is 3.10. The summed E-state index contributed by atoms with van der Waals surface area (Å²) in [5.74, 6) is 0.644. The lowest BCUT2D eigenvalue weighted by molar-refractivity contribution is 0.0951. The van der Waals surface area contributed by atoms with Crippen molar-refractivity contribution in [2.75, 3.05) is 13.7 Å². The van der Waals surface area contributed by atoms with Crippen LogP contribution in [-0.2, 0) is 0 Å². The number of ether oxygens (including phenoxy) is 1. The van der Waals surface area contributed by atoms with E-state index in [9.17, 15) is 4.79 Å². The standard InChI is InChI=1S/C15H16N2O2/c1-3-16-15(18)14-8-7-12(10-17-14)11-5-4-6-13(9-11)19-2/h4-10H,3H2,1-2H3,(H,16,18). The number of rotatable bonds is 4. The van der Waals surface area contributed by atoms with Gasteiger partial charge in [0.2, 0.25) is 0 Å². The first-order chi connectivity index (χ1) is 9.24. The molecule has 0 saturated heterocycles. The van der Waals surface area contributed by atoms with Gasteiger partial charge in [-0.05, 0) is 30.7 Å². The van der Waals surface area contributed by atoms with Crippen LogP contribution >= 0.6 is 0 Å². The van der Waals surface area contributed by atoms with Crippen molar-refractivity contribution in [2.45, 2.75) is 6.92 Å². The van der Waals surface area contributed by atoms with Gasteiger partial charge in [-0.2, -0.15) is 0 Å². The molecule has 2 rings (SSSR count). The third-order valence-corrected chi connectivity index (χ3v) is 2.74. The van der Waals surface area contributed by atoms with Gasteiger partial charge in [0.05, 0.1) is 7.11 Å². The fourth-order valence-corrected chi connectivity index (χ4v) is 1.75. The summed E-state index contributed by atoms with van der Waals surface area (Å²) in [5.41, 5.74) is 2.38. The number of carbonyl (C=O) groups is 1. The molecule has 2 aromatic rings. The average Bonchev–Trinajstić information content (AvgIpc) is 2.48. The monoisotopic (exact) mass is 256 g/mol. The Morgan fingerprint density at radius 1 is 1.26 bits per heavy atom. The summed E-state index contributed by atoms with van der Waals surface area (Å²) in [7, 11) is 1.63. The van der Waals surface area contributed by atoms with Crippen LogP contribution in [0.3, 0.4) is 0 Å². The number of carbonyl (C=O) groups excluding carboxylic acids is 1. The fourth-order valence-electron chi connectivity index (χ4n) is 1.75. The molecular weight excluding hydrogens is 240 g/mol. The zero-order valence-corrected chi connectivity index (χ0v) is 11.0. The van der Waals surface area contributed by atoms with E-state index in [0.717, 1.165) is 16.9 Å². The van der Waals surface area contributed by atoms with Crippen LogP contribution in [0.15, 0.2) is 42.6 Å². The number of hydrogen-bond donors (Lipinski definition) is 1. The average molecular weight is 256 g/mol. The van der Waals surface area contributed by atoms with E-state index < -0.39 is 0 Å². The number of amides is 1. The van der Waals surface area contributed by atoms with Crippen molar-refractivity contribution in [3.8, 4) is 16.9 Å². The molecule has 4 nitrogen and oxygen atoms in total. The maximum absolute atomic E-state index is 11.6. The van der Waals surface area contributed by atoms with Gasteiger partial charge < -0.3 is 10.1 Å². The predicted octanol–water partition coefficient (Wildman–Crippen LogP) is 2.51. The summed E-state index contributed by atoms with van der Waals surface area (Å²) in [6.07, 6.45) is 1.69. The highest BCUT2D eigenvalue weighted by Gasteiger charge is 2.06. The molecule has 0 aliphatic heterocycles. The Balaban J connectivity index is 2.24. The van der Waals surface area contributed by atoms with Crippen LogP contribution < -0.4 is 10.1 Å². The molecule has 0 spiro atoms. The molecular formula is C15H16N2O2. The summed E-state index contributed by atoms with van der Waals surface area (Å²) in [4.78, 5) is 15.8. The van der Waals surface area contributed by atoms with Crippen molar-refractivity contribution in [3.05, 3.63) is 48.3 Å². The topological polar surface area (TPSA) is 51.2 Å². The molecule has 19 heavy (non-hydrogen) atoms. The van der Waals surface area contributed by atoms with Crippen LogP contribution in [0, 0.1) is 0 Å². The lowest BCUT2D eigenvalue weighted by Crippen LogP contribution is -2.23. The summed E-state index contributed by atoms with van der Waals surface area (Å²) >= 11 is 0. The minimum Gasteiger partial charge on any atom is -0.497 e. The second kappa shape index (κ2) is 6.00. The van der Waals surface area contributed by atoms with Gasteiger partial charge in [0.25, 0.3) is 5.91 Å². The van der Waals surface area contributed by atoms with E-state index in [1.54, 1.807) is 19.4 Å². The Kier molecular flexibility index (Phi) is 4.13. The molecule has 1 N–H and O–H groups in total. The van der Waals surface area contributed by atoms with Crippen LogP contribution in [0.2, 0.25) is 0 Å². The highest BCUT2D eigenvalue weighted by atomic mass is 16.5. The van der Waals surface area contributed by atoms with Gasteiger partial charge in [-0.1, -0.05) is 18.2 Å². The molecule has 1 aromatic carbocycles. The number of benzene rings is 1. The molecule has 0 unspecified atom stereocenters. The Bertz CT molecular complexity index is 565. The molecule has 1 aromatic heterocycles. The zero-order chi connectivity index (χ0) is 13.7. The van der Waals surface area contributed by atoms with Crippen LogP contribution in [-0.4, -0.2) is 24.5 Å². The van der Waals surface area contributed by atoms with Gasteiger partial charge >= 0.3 is 0 Å². The Labute approximate surface area is 112 Å². The number of pyridine rings is 1. The first kappa shape index (κ1) is 13.1. The van der Waals surface area contributed by atoms with Gasteiger partial charge in [0, 0.05) is 18.3 Å². The maximum atomic E-state index is 11.6. The van der Waals surface area contributed by atoms with Crippen LogP contribution in [0.25, 0.3) is 11.1 Å². The van der Waals surface area contributed by atoms with E-state index in [4.69, 9.17) is 4.74 Å². The highest BCUT2D eigenvalue weighted by Crippen LogP contribution is 2.23. The number of methoxy groups -OCH3 is 1. The van der Waals surface area contributed by atoms with Gasteiger partial charge in [0.1, 0.15) is 11.4 Å². The summed E-state index contributed by atoms with van der Waals surface area (Å²) in [6, 6.07) is 11.3. The van der Waals surface area contributed by atoms with Crippen molar-refractivity contribution in [2.24, 2.45) is 0 Å². The van der Waals surface area contributed by atoms with E-state index in [1.807, 2.05) is 37.3 Å². The van der Waals surface area contributed by atoms with Crippen molar-refractivity contribution in [3.63, 3.8) is 0 Å². The molecule has 0 aliphatic rings. The minimum atomic E-state index is -0.153. The van der Waals surface area contributed by atoms with Gasteiger partial charge in [-0.15, -0.1) is 0 Å². The number of nitrogens with zero attached hydrogens (tertiary/aromatic N) is 1. The molecule has 4 heteroatoms. The first-order valence-electron chi connectivity index (χ1n) is 6.13. The number of aromatic nitrogens is 1. The van der Waals surface area contributed by atoms with E-state index >= 15 is 0 Å². The van der Waals surface area contributed by atoms with Crippen LogP contribution in [0.1, 0.15) is 17.4 Å². The molecule has 1 amide bonds. The van der Waals surface area contributed by atoms with E-state index in [1.165, 1.54) is 0 Å². The van der Waals surface area contributed by atoms with E-state index in [0.29, 0.717) is 12.2 Å². The number of hydrogen-bond acceptors (Lipinski definition) is 3. The Morgan fingerprint density at radius 2 is 2.11 bits per heavy atom. The maximum Gasteiger partial charge on any atom is 0.269 e. The molecule has 98 valence electrons. The first-order valence-corrected chi connectivity index (χ1v) is 6.13. The quantitative estimate of drug-likeness (QED) is 0.914. The molecule has 0 fully saturated rings. The Morgan fingerprint density at radius 3 is 2.74 bits per heavy atom. The zero-order valence-electron chi connectivity index (χ0n) is 11.0. The number of nitrogens with one attached hydrogen (secondary N) is 1. The minimum absolute atomic E-state index is 0.153. The van der Waals surface area contributed by atoms with E-state index in [2.05, 4.69) is 10.3 Å². The predicted molar refractivity (Wildman–Crippen MR) is 74.2 cm³/mol. The van der Waals surface area contributed by atoms with Crippen molar-refractivity contribution >= 4 is 5.91 Å². The lowest BCUT2D eigenvalue weighted by atomic mass is 10.1.